The van der Waals surface area contributed by atoms with Gasteiger partial charge in [-0.1, -0.05) is 117 Å². The van der Waals surface area contributed by atoms with Crippen molar-refractivity contribution >= 4 is 17.9 Å². The standard InChI is InChI=1S/C24H46O4.C5H10O2/c1-3-5-7-9-11-13-15-17-19-21-23(25)27-28-24(26)22-20-18-16-14-12-10-8-6-4-2;1-5(2,3)4(6)7/h3-22H2,1-2H3;1-3H3,(H,6,7). The highest BCUT2D eigenvalue weighted by Gasteiger charge is 2.18. The summed E-state index contributed by atoms with van der Waals surface area (Å²) >= 11 is 0. The van der Waals surface area contributed by atoms with Gasteiger partial charge in [0, 0.05) is 0 Å². The lowest BCUT2D eigenvalue weighted by Crippen LogP contribution is -2.18. The van der Waals surface area contributed by atoms with Crippen molar-refractivity contribution in [2.24, 2.45) is 5.41 Å². The van der Waals surface area contributed by atoms with Gasteiger partial charge in [0.25, 0.3) is 0 Å². The van der Waals surface area contributed by atoms with Gasteiger partial charge in [-0.3, -0.25) is 4.79 Å². The number of hydrogen-bond donors (Lipinski definition) is 1. The van der Waals surface area contributed by atoms with Crippen LogP contribution in [0.1, 0.15) is 163 Å². The summed E-state index contributed by atoms with van der Waals surface area (Å²) in [4.78, 5) is 42.4. The monoisotopic (exact) mass is 500 g/mol. The van der Waals surface area contributed by atoms with Crippen LogP contribution >= 0.6 is 0 Å². The molecule has 0 bridgehead atoms. The molecule has 0 spiro atoms. The molecule has 0 amide bonds. The van der Waals surface area contributed by atoms with E-state index in [1.54, 1.807) is 20.8 Å². The Balaban J connectivity index is 0. The second kappa shape index (κ2) is 25.5. The van der Waals surface area contributed by atoms with E-state index in [9.17, 15) is 14.4 Å². The molecule has 0 atom stereocenters. The van der Waals surface area contributed by atoms with Crippen molar-refractivity contribution in [3.8, 4) is 0 Å². The number of hydrogen-bond acceptors (Lipinski definition) is 5. The van der Waals surface area contributed by atoms with Crippen LogP contribution in [0.3, 0.4) is 0 Å². The average molecular weight is 501 g/mol. The molecule has 0 rings (SSSR count). The van der Waals surface area contributed by atoms with Crippen molar-refractivity contribution < 1.29 is 29.3 Å². The lowest BCUT2D eigenvalue weighted by Gasteiger charge is -2.08. The van der Waals surface area contributed by atoms with Crippen LogP contribution < -0.4 is 0 Å². The molecule has 35 heavy (non-hydrogen) atoms. The Bertz CT molecular complexity index is 476. The second-order valence-electron chi connectivity index (χ2n) is 10.6. The van der Waals surface area contributed by atoms with Gasteiger partial charge in [0.05, 0.1) is 18.3 Å². The third-order valence-corrected chi connectivity index (χ3v) is 5.84. The maximum atomic E-state index is 11.6. The average Bonchev–Trinajstić information content (AvgIpc) is 2.80. The minimum atomic E-state index is -0.757. The van der Waals surface area contributed by atoms with Crippen molar-refractivity contribution in [1.29, 1.82) is 0 Å². The van der Waals surface area contributed by atoms with E-state index in [0.29, 0.717) is 12.8 Å². The summed E-state index contributed by atoms with van der Waals surface area (Å²) in [5.41, 5.74) is -0.583. The van der Waals surface area contributed by atoms with Gasteiger partial charge in [0.15, 0.2) is 0 Å². The molecule has 1 N–H and O–H groups in total. The summed E-state index contributed by atoms with van der Waals surface area (Å²) in [7, 11) is 0. The van der Waals surface area contributed by atoms with E-state index in [4.69, 9.17) is 5.11 Å². The summed E-state index contributed by atoms with van der Waals surface area (Å²) in [6.45, 7) is 9.45. The number of carboxylic acids is 1. The van der Waals surface area contributed by atoms with Gasteiger partial charge < -0.3 is 5.11 Å². The Labute approximate surface area is 215 Å². The smallest absolute Gasteiger partial charge is 0.355 e. The van der Waals surface area contributed by atoms with Gasteiger partial charge in [0.1, 0.15) is 0 Å². The molecule has 0 aromatic rings. The molecule has 6 nitrogen and oxygen atoms in total. The van der Waals surface area contributed by atoms with Crippen molar-refractivity contribution in [1.82, 2.24) is 0 Å². The minimum Gasteiger partial charge on any atom is -0.481 e. The molecule has 0 heterocycles. The van der Waals surface area contributed by atoms with Crippen molar-refractivity contribution in [2.75, 3.05) is 0 Å². The highest BCUT2D eigenvalue weighted by molar-refractivity contribution is 5.73. The number of unbranched alkanes of at least 4 members (excludes halogenated alkanes) is 16. The quantitative estimate of drug-likeness (QED) is 0.102. The summed E-state index contributed by atoms with van der Waals surface area (Å²) in [5.74, 6) is -1.61. The molecular formula is C29H56O6. The van der Waals surface area contributed by atoms with E-state index in [2.05, 4.69) is 23.6 Å². The fourth-order valence-electron chi connectivity index (χ4n) is 3.34. The number of carbonyl (C=O) groups excluding carboxylic acids is 2. The van der Waals surface area contributed by atoms with Crippen LogP contribution in [0.5, 0.6) is 0 Å². The zero-order chi connectivity index (χ0) is 26.8. The molecule has 0 aliphatic carbocycles. The number of rotatable bonds is 20. The highest BCUT2D eigenvalue weighted by atomic mass is 17.2. The molecule has 0 aliphatic rings. The van der Waals surface area contributed by atoms with Crippen molar-refractivity contribution in [3.63, 3.8) is 0 Å². The second-order valence-corrected chi connectivity index (χ2v) is 10.6. The van der Waals surface area contributed by atoms with E-state index in [1.807, 2.05) is 0 Å². The third-order valence-electron chi connectivity index (χ3n) is 5.84. The van der Waals surface area contributed by atoms with Gasteiger partial charge in [-0.25, -0.2) is 19.4 Å². The number of carbonyl (C=O) groups is 3. The first-order valence-electron chi connectivity index (χ1n) is 14.3. The Morgan fingerprint density at radius 1 is 0.514 bits per heavy atom. The molecule has 0 radical (unpaired) electrons. The van der Waals surface area contributed by atoms with Gasteiger partial charge >= 0.3 is 17.9 Å². The molecule has 0 saturated carbocycles. The molecular weight excluding hydrogens is 444 g/mol. The van der Waals surface area contributed by atoms with Gasteiger partial charge in [0.2, 0.25) is 0 Å². The Morgan fingerprint density at radius 2 is 0.743 bits per heavy atom. The molecule has 0 fully saturated rings. The van der Waals surface area contributed by atoms with Crippen molar-refractivity contribution in [3.05, 3.63) is 0 Å². The fraction of sp³-hybridized carbons (Fsp3) is 0.897. The normalized spacial score (nSPS) is 10.9. The molecule has 0 aliphatic heterocycles. The van der Waals surface area contributed by atoms with Crippen LogP contribution in [0.15, 0.2) is 0 Å². The Hall–Kier alpha value is -1.59. The molecule has 0 aromatic heterocycles. The summed E-state index contributed by atoms with van der Waals surface area (Å²) in [6.07, 6.45) is 22.3. The van der Waals surface area contributed by atoms with Gasteiger partial charge in [-0.05, 0) is 33.6 Å². The molecule has 208 valence electrons. The SMILES string of the molecule is CC(C)(C)C(=O)O.CCCCCCCCCCCC(=O)OOC(=O)CCCCCCCCCCC. The van der Waals surface area contributed by atoms with Crippen LogP contribution in [0.4, 0.5) is 0 Å². The van der Waals surface area contributed by atoms with Crippen LogP contribution in [-0.2, 0) is 24.2 Å². The van der Waals surface area contributed by atoms with Crippen LogP contribution in [0, 0.1) is 5.41 Å². The first kappa shape index (κ1) is 35.6. The third kappa shape index (κ3) is 30.4. The molecule has 0 saturated heterocycles. The molecule has 6 heteroatoms. The largest absolute Gasteiger partial charge is 0.481 e. The topological polar surface area (TPSA) is 89.9 Å². The van der Waals surface area contributed by atoms with Crippen molar-refractivity contribution in [2.45, 2.75) is 163 Å². The maximum Gasteiger partial charge on any atom is 0.355 e. The van der Waals surface area contributed by atoms with E-state index in [-0.39, 0.29) is 0 Å². The van der Waals surface area contributed by atoms with E-state index in [1.165, 1.54) is 77.0 Å². The summed E-state index contributed by atoms with van der Waals surface area (Å²) in [6, 6.07) is 0. The zero-order valence-corrected chi connectivity index (χ0v) is 23.6. The minimum absolute atomic E-state index is 0.334. The number of aliphatic carboxylic acids is 1. The predicted molar refractivity (Wildman–Crippen MR) is 143 cm³/mol. The van der Waals surface area contributed by atoms with Gasteiger partial charge in [-0.2, -0.15) is 0 Å². The number of carboxylic acid groups (broad SMARTS) is 1. The first-order valence-corrected chi connectivity index (χ1v) is 14.3. The summed E-state index contributed by atoms with van der Waals surface area (Å²) < 4.78 is 0. The summed E-state index contributed by atoms with van der Waals surface area (Å²) in [5, 5.41) is 8.25. The lowest BCUT2D eigenvalue weighted by molar-refractivity contribution is -0.259. The Morgan fingerprint density at radius 3 is 0.971 bits per heavy atom. The lowest BCUT2D eigenvalue weighted by atomic mass is 9.98. The highest BCUT2D eigenvalue weighted by Crippen LogP contribution is 2.13. The van der Waals surface area contributed by atoms with E-state index in [0.717, 1.165) is 38.5 Å². The maximum absolute atomic E-state index is 11.6. The van der Waals surface area contributed by atoms with Crippen LogP contribution in [0.25, 0.3) is 0 Å². The molecule has 0 aromatic carbocycles. The molecule has 0 unspecified atom stereocenters. The van der Waals surface area contributed by atoms with Crippen LogP contribution in [-0.4, -0.2) is 23.0 Å². The Kier molecular flexibility index (Phi) is 25.9. The van der Waals surface area contributed by atoms with E-state index >= 15 is 0 Å². The fourth-order valence-corrected chi connectivity index (χ4v) is 3.34. The first-order chi connectivity index (χ1) is 16.6. The predicted octanol–water partition coefficient (Wildman–Crippen LogP) is 8.95. The van der Waals surface area contributed by atoms with E-state index < -0.39 is 23.3 Å². The van der Waals surface area contributed by atoms with Gasteiger partial charge in [-0.15, -0.1) is 0 Å². The van der Waals surface area contributed by atoms with Crippen LogP contribution in [0.2, 0.25) is 0 Å². The zero-order valence-electron chi connectivity index (χ0n) is 23.6.